The van der Waals surface area contributed by atoms with Gasteiger partial charge in [0.05, 0.1) is 18.1 Å². The van der Waals surface area contributed by atoms with Crippen molar-refractivity contribution < 1.29 is 17.9 Å². The number of hydrogen-bond acceptors (Lipinski definition) is 4. The lowest BCUT2D eigenvalue weighted by atomic mass is 10.1. The van der Waals surface area contributed by atoms with E-state index < -0.39 is 10.0 Å². The highest BCUT2D eigenvalue weighted by Gasteiger charge is 2.28. The molecule has 0 saturated carbocycles. The third kappa shape index (κ3) is 5.65. The van der Waals surface area contributed by atoms with E-state index in [1.165, 1.54) is 10.4 Å². The monoisotopic (exact) mass is 416 g/mol. The van der Waals surface area contributed by atoms with E-state index in [0.717, 1.165) is 24.8 Å². The number of carbonyl (C=O) groups excluding carboxylic acids is 1. The molecule has 0 unspecified atom stereocenters. The molecule has 156 valence electrons. The first-order valence-electron chi connectivity index (χ1n) is 9.99. The van der Waals surface area contributed by atoms with Crippen molar-refractivity contribution in [2.75, 3.05) is 26.2 Å². The molecule has 0 aliphatic carbocycles. The van der Waals surface area contributed by atoms with Gasteiger partial charge >= 0.3 is 0 Å². The van der Waals surface area contributed by atoms with E-state index >= 15 is 0 Å². The molecule has 1 N–H and O–H groups in total. The highest BCUT2D eigenvalue weighted by atomic mass is 32.2. The van der Waals surface area contributed by atoms with Crippen LogP contribution in [0.4, 0.5) is 0 Å². The van der Waals surface area contributed by atoms with Gasteiger partial charge in [0, 0.05) is 25.2 Å². The van der Waals surface area contributed by atoms with Gasteiger partial charge in [0.2, 0.25) is 10.0 Å². The molecule has 1 amide bonds. The van der Waals surface area contributed by atoms with Crippen LogP contribution in [-0.4, -0.2) is 44.9 Å². The van der Waals surface area contributed by atoms with Crippen LogP contribution < -0.4 is 5.32 Å². The molecule has 0 atom stereocenters. The van der Waals surface area contributed by atoms with Gasteiger partial charge in [-0.1, -0.05) is 42.8 Å². The van der Waals surface area contributed by atoms with Crippen LogP contribution in [0.2, 0.25) is 0 Å². The first kappa shape index (κ1) is 21.5. The standard InChI is InChI=1S/C22H28N2O4S/c1-18-10-11-20(16-21(18)29(26,27)24-13-6-3-7-14-24)22(25)23-12-15-28-17-19-8-4-2-5-9-19/h2,4-5,8-11,16H,3,6-7,12-15,17H2,1H3,(H,23,25). The Labute approximate surface area is 172 Å². The zero-order valence-electron chi connectivity index (χ0n) is 16.8. The van der Waals surface area contributed by atoms with Gasteiger partial charge < -0.3 is 10.1 Å². The Morgan fingerprint density at radius 2 is 1.79 bits per heavy atom. The summed E-state index contributed by atoms with van der Waals surface area (Å²) in [7, 11) is -3.58. The Bertz CT molecular complexity index is 923. The summed E-state index contributed by atoms with van der Waals surface area (Å²) in [6, 6.07) is 14.7. The summed E-state index contributed by atoms with van der Waals surface area (Å²) in [5.41, 5.74) is 2.07. The molecule has 0 aromatic heterocycles. The third-order valence-corrected chi connectivity index (χ3v) is 7.07. The molecule has 1 aliphatic heterocycles. The van der Waals surface area contributed by atoms with Crippen LogP contribution in [-0.2, 0) is 21.4 Å². The fourth-order valence-corrected chi connectivity index (χ4v) is 5.13. The van der Waals surface area contributed by atoms with Crippen LogP contribution in [0.3, 0.4) is 0 Å². The first-order valence-corrected chi connectivity index (χ1v) is 11.4. The number of rotatable bonds is 8. The second-order valence-corrected chi connectivity index (χ2v) is 9.15. The maximum atomic E-state index is 13.0. The number of ether oxygens (including phenoxy) is 1. The van der Waals surface area contributed by atoms with Crippen LogP contribution in [0.1, 0.15) is 40.7 Å². The predicted molar refractivity (Wildman–Crippen MR) is 112 cm³/mol. The first-order chi connectivity index (χ1) is 14.0. The Morgan fingerprint density at radius 1 is 1.07 bits per heavy atom. The summed E-state index contributed by atoms with van der Waals surface area (Å²) >= 11 is 0. The van der Waals surface area contributed by atoms with Gasteiger partial charge in [-0.25, -0.2) is 8.42 Å². The Morgan fingerprint density at radius 3 is 2.52 bits per heavy atom. The number of carbonyl (C=O) groups is 1. The molecule has 1 heterocycles. The molecule has 0 spiro atoms. The van der Waals surface area contributed by atoms with Crippen LogP contribution >= 0.6 is 0 Å². The van der Waals surface area contributed by atoms with Gasteiger partial charge in [-0.15, -0.1) is 0 Å². The molecule has 3 rings (SSSR count). The summed E-state index contributed by atoms with van der Waals surface area (Å²) in [5, 5.41) is 2.79. The quantitative estimate of drug-likeness (QED) is 0.671. The summed E-state index contributed by atoms with van der Waals surface area (Å²) in [5.74, 6) is -0.302. The molecule has 0 radical (unpaired) electrons. The van der Waals surface area contributed by atoms with Crippen molar-refractivity contribution in [1.29, 1.82) is 0 Å². The lowest BCUT2D eigenvalue weighted by Crippen LogP contribution is -2.36. The maximum absolute atomic E-state index is 13.0. The second kappa shape index (κ2) is 10.0. The molecule has 1 aliphatic rings. The molecule has 6 nitrogen and oxygen atoms in total. The SMILES string of the molecule is Cc1ccc(C(=O)NCCOCc2ccccc2)cc1S(=O)(=O)N1CCCCC1. The Balaban J connectivity index is 1.57. The molecule has 1 fully saturated rings. The van der Waals surface area contributed by atoms with E-state index in [-0.39, 0.29) is 10.8 Å². The van der Waals surface area contributed by atoms with Gasteiger partial charge in [-0.2, -0.15) is 4.31 Å². The van der Waals surface area contributed by atoms with Crippen LogP contribution in [0, 0.1) is 6.92 Å². The Kier molecular flexibility index (Phi) is 7.41. The third-order valence-electron chi connectivity index (χ3n) is 5.03. The average Bonchev–Trinajstić information content (AvgIpc) is 2.75. The molecular formula is C22H28N2O4S. The molecule has 7 heteroatoms. The smallest absolute Gasteiger partial charge is 0.251 e. The van der Waals surface area contributed by atoms with Crippen molar-refractivity contribution in [1.82, 2.24) is 9.62 Å². The van der Waals surface area contributed by atoms with Crippen molar-refractivity contribution >= 4 is 15.9 Å². The van der Waals surface area contributed by atoms with Gasteiger partial charge in [0.15, 0.2) is 0 Å². The van der Waals surface area contributed by atoms with Gasteiger partial charge in [0.25, 0.3) is 5.91 Å². The number of nitrogens with one attached hydrogen (secondary N) is 1. The minimum atomic E-state index is -3.58. The lowest BCUT2D eigenvalue weighted by molar-refractivity contribution is 0.0900. The largest absolute Gasteiger partial charge is 0.375 e. The topological polar surface area (TPSA) is 75.7 Å². The summed E-state index contributed by atoms with van der Waals surface area (Å²) in [6.45, 7) is 4.06. The molecule has 29 heavy (non-hydrogen) atoms. The number of aryl methyl sites for hydroxylation is 1. The summed E-state index contributed by atoms with van der Waals surface area (Å²) < 4.78 is 33.1. The fourth-order valence-electron chi connectivity index (χ4n) is 3.37. The van der Waals surface area contributed by atoms with Gasteiger partial charge in [-0.05, 0) is 43.0 Å². The Hall–Kier alpha value is -2.22. The molecule has 0 bridgehead atoms. The van der Waals surface area contributed by atoms with E-state index in [2.05, 4.69) is 5.32 Å². The van der Waals surface area contributed by atoms with Gasteiger partial charge in [-0.3, -0.25) is 4.79 Å². The molecule has 1 saturated heterocycles. The fraction of sp³-hybridized carbons (Fsp3) is 0.409. The summed E-state index contributed by atoms with van der Waals surface area (Å²) in [4.78, 5) is 12.7. The van der Waals surface area contributed by atoms with Crippen molar-refractivity contribution in [2.45, 2.75) is 37.7 Å². The van der Waals surface area contributed by atoms with Crippen molar-refractivity contribution in [3.63, 3.8) is 0 Å². The van der Waals surface area contributed by atoms with Crippen LogP contribution in [0.25, 0.3) is 0 Å². The van der Waals surface area contributed by atoms with Crippen molar-refractivity contribution in [2.24, 2.45) is 0 Å². The van der Waals surface area contributed by atoms with Crippen molar-refractivity contribution in [3.05, 3.63) is 65.2 Å². The van der Waals surface area contributed by atoms with Gasteiger partial charge in [0.1, 0.15) is 0 Å². The van der Waals surface area contributed by atoms with E-state index in [0.29, 0.717) is 44.0 Å². The maximum Gasteiger partial charge on any atom is 0.251 e. The number of benzene rings is 2. The zero-order valence-corrected chi connectivity index (χ0v) is 17.6. The number of nitrogens with zero attached hydrogens (tertiary/aromatic N) is 1. The predicted octanol–water partition coefficient (Wildman–Crippen LogP) is 3.12. The highest BCUT2D eigenvalue weighted by molar-refractivity contribution is 7.89. The molecule has 2 aromatic carbocycles. The minimum absolute atomic E-state index is 0.215. The number of hydrogen-bond donors (Lipinski definition) is 1. The lowest BCUT2D eigenvalue weighted by Gasteiger charge is -2.26. The van der Waals surface area contributed by atoms with E-state index in [1.54, 1.807) is 19.1 Å². The van der Waals surface area contributed by atoms with E-state index in [4.69, 9.17) is 4.74 Å². The number of piperidine rings is 1. The second-order valence-electron chi connectivity index (χ2n) is 7.24. The van der Waals surface area contributed by atoms with Crippen LogP contribution in [0.15, 0.2) is 53.4 Å². The van der Waals surface area contributed by atoms with Crippen LogP contribution in [0.5, 0.6) is 0 Å². The zero-order chi connectivity index (χ0) is 20.7. The number of amides is 1. The van der Waals surface area contributed by atoms with E-state index in [9.17, 15) is 13.2 Å². The average molecular weight is 417 g/mol. The highest BCUT2D eigenvalue weighted by Crippen LogP contribution is 2.24. The normalized spacial score (nSPS) is 15.2. The van der Waals surface area contributed by atoms with Crippen molar-refractivity contribution in [3.8, 4) is 0 Å². The molecular weight excluding hydrogens is 388 g/mol. The summed E-state index contributed by atoms with van der Waals surface area (Å²) in [6.07, 6.45) is 2.81. The minimum Gasteiger partial charge on any atom is -0.375 e. The van der Waals surface area contributed by atoms with E-state index in [1.807, 2.05) is 30.3 Å². The molecule has 2 aromatic rings. The number of sulfonamides is 1.